The molecule has 1 aliphatic rings. The van der Waals surface area contributed by atoms with Crippen LogP contribution in [0.2, 0.25) is 10.0 Å². The van der Waals surface area contributed by atoms with Crippen LogP contribution in [-0.4, -0.2) is 30.4 Å². The third kappa shape index (κ3) is 3.06. The van der Waals surface area contributed by atoms with Crippen molar-refractivity contribution in [2.45, 2.75) is 19.0 Å². The Balaban J connectivity index is 2.04. The smallest absolute Gasteiger partial charge is 0.323 e. The van der Waals surface area contributed by atoms with E-state index in [1.807, 2.05) is 0 Å². The van der Waals surface area contributed by atoms with Gasteiger partial charge in [0.2, 0.25) is 0 Å². The minimum Gasteiger partial charge on any atom is -0.464 e. The number of halogens is 2. The highest BCUT2D eigenvalue weighted by Gasteiger charge is 2.40. The van der Waals surface area contributed by atoms with Crippen LogP contribution in [0.3, 0.4) is 0 Å². The van der Waals surface area contributed by atoms with Gasteiger partial charge in [-0.1, -0.05) is 23.2 Å². The predicted molar refractivity (Wildman–Crippen MR) is 77.0 cm³/mol. The van der Waals surface area contributed by atoms with Crippen molar-refractivity contribution in [1.29, 1.82) is 0 Å². The minimum absolute atomic E-state index is 0.0340. The molecule has 7 heteroatoms. The van der Waals surface area contributed by atoms with Crippen LogP contribution in [-0.2, 0) is 14.3 Å². The van der Waals surface area contributed by atoms with E-state index in [9.17, 15) is 9.59 Å². The van der Waals surface area contributed by atoms with Crippen LogP contribution < -0.4 is 11.1 Å². The second kappa shape index (κ2) is 5.99. The van der Waals surface area contributed by atoms with Crippen molar-refractivity contribution in [2.24, 2.45) is 11.7 Å². The number of nitrogens with two attached hydrogens (primary N) is 1. The number of carbonyl (C=O) groups is 2. The van der Waals surface area contributed by atoms with Gasteiger partial charge in [0.1, 0.15) is 12.6 Å². The first-order valence-electron chi connectivity index (χ1n) is 6.07. The molecule has 3 atom stereocenters. The van der Waals surface area contributed by atoms with Crippen LogP contribution in [0.25, 0.3) is 0 Å². The Morgan fingerprint density at radius 2 is 2.15 bits per heavy atom. The molecule has 1 saturated heterocycles. The second-order valence-electron chi connectivity index (χ2n) is 4.66. The summed E-state index contributed by atoms with van der Waals surface area (Å²) < 4.78 is 4.78. The molecule has 0 aromatic heterocycles. The van der Waals surface area contributed by atoms with Gasteiger partial charge in [-0.05, 0) is 25.1 Å². The van der Waals surface area contributed by atoms with Crippen LogP contribution in [0.1, 0.15) is 6.92 Å². The first kappa shape index (κ1) is 15.1. The zero-order valence-corrected chi connectivity index (χ0v) is 12.2. The van der Waals surface area contributed by atoms with Crippen molar-refractivity contribution >= 4 is 40.6 Å². The molecule has 108 valence electrons. The summed E-state index contributed by atoms with van der Waals surface area (Å²) in [6, 6.07) is 3.58. The van der Waals surface area contributed by atoms with Crippen molar-refractivity contribution in [3.05, 3.63) is 28.2 Å². The zero-order valence-electron chi connectivity index (χ0n) is 10.7. The summed E-state index contributed by atoms with van der Waals surface area (Å²) in [7, 11) is 0. The molecule has 0 aliphatic carbocycles. The van der Waals surface area contributed by atoms with E-state index in [-0.39, 0.29) is 12.4 Å². The Morgan fingerprint density at radius 3 is 2.70 bits per heavy atom. The average molecular weight is 317 g/mol. The van der Waals surface area contributed by atoms with E-state index in [4.69, 9.17) is 33.7 Å². The van der Waals surface area contributed by atoms with Crippen LogP contribution in [0.5, 0.6) is 0 Å². The Kier molecular flexibility index (Phi) is 4.52. The molecule has 2 rings (SSSR count). The molecular formula is C13H14Cl2N2O3. The lowest BCUT2D eigenvalue weighted by atomic mass is 9.94. The molecule has 3 N–H and O–H groups in total. The normalized spacial score (nSPS) is 23.3. The van der Waals surface area contributed by atoms with E-state index < -0.39 is 24.0 Å². The standard InChI is InChI=1S/C13H14Cl2N2O3/c1-6(12(18)8-5-20-13(19)11(8)16)17-7-2-3-9(14)10(15)4-7/h2-4,6,8,11,17H,5,16H2,1H3. The molecule has 1 aromatic carbocycles. The summed E-state index contributed by atoms with van der Waals surface area (Å²) in [5, 5.41) is 3.84. The summed E-state index contributed by atoms with van der Waals surface area (Å²) in [6.07, 6.45) is 0. The number of anilines is 1. The summed E-state index contributed by atoms with van der Waals surface area (Å²) in [5.74, 6) is -1.33. The van der Waals surface area contributed by atoms with Crippen molar-refractivity contribution < 1.29 is 14.3 Å². The fourth-order valence-corrected chi connectivity index (χ4v) is 2.32. The van der Waals surface area contributed by atoms with Gasteiger partial charge in [-0.2, -0.15) is 0 Å². The molecule has 5 nitrogen and oxygen atoms in total. The second-order valence-corrected chi connectivity index (χ2v) is 5.47. The van der Waals surface area contributed by atoms with Gasteiger partial charge in [-0.15, -0.1) is 0 Å². The predicted octanol–water partition coefficient (Wildman–Crippen LogP) is 1.86. The van der Waals surface area contributed by atoms with Crippen molar-refractivity contribution in [2.75, 3.05) is 11.9 Å². The fourth-order valence-electron chi connectivity index (χ4n) is 2.02. The zero-order chi connectivity index (χ0) is 14.9. The molecule has 1 aliphatic heterocycles. The summed E-state index contributed by atoms with van der Waals surface area (Å²) in [4.78, 5) is 23.4. The van der Waals surface area contributed by atoms with Crippen molar-refractivity contribution in [1.82, 2.24) is 0 Å². The van der Waals surface area contributed by atoms with Gasteiger partial charge in [-0.25, -0.2) is 0 Å². The number of esters is 1. The van der Waals surface area contributed by atoms with Gasteiger partial charge in [0.25, 0.3) is 0 Å². The van der Waals surface area contributed by atoms with Gasteiger partial charge < -0.3 is 15.8 Å². The summed E-state index contributed by atoms with van der Waals surface area (Å²) >= 11 is 11.7. The molecule has 0 amide bonds. The number of cyclic esters (lactones) is 1. The maximum Gasteiger partial charge on any atom is 0.323 e. The molecule has 0 spiro atoms. The lowest BCUT2D eigenvalue weighted by Gasteiger charge is -2.18. The first-order valence-corrected chi connectivity index (χ1v) is 6.83. The lowest BCUT2D eigenvalue weighted by Crippen LogP contribution is -2.42. The number of nitrogens with one attached hydrogen (secondary N) is 1. The molecule has 1 aromatic rings. The summed E-state index contributed by atoms with van der Waals surface area (Å²) in [5.41, 5.74) is 6.30. The average Bonchev–Trinajstić information content (AvgIpc) is 2.73. The number of ether oxygens (including phenoxy) is 1. The van der Waals surface area contributed by atoms with Crippen LogP contribution in [0.4, 0.5) is 5.69 Å². The quantitative estimate of drug-likeness (QED) is 0.829. The Labute approximate surface area is 126 Å². The largest absolute Gasteiger partial charge is 0.464 e. The highest BCUT2D eigenvalue weighted by Crippen LogP contribution is 2.26. The number of Topliss-reactive ketones (excluding diaryl/α,β-unsaturated/α-hetero) is 1. The first-order chi connectivity index (χ1) is 9.40. The molecular weight excluding hydrogens is 303 g/mol. The van der Waals surface area contributed by atoms with Gasteiger partial charge in [-0.3, -0.25) is 9.59 Å². The molecule has 20 heavy (non-hydrogen) atoms. The Hall–Kier alpha value is -1.30. The highest BCUT2D eigenvalue weighted by molar-refractivity contribution is 6.42. The molecule has 3 unspecified atom stereocenters. The number of benzene rings is 1. The highest BCUT2D eigenvalue weighted by atomic mass is 35.5. The monoisotopic (exact) mass is 316 g/mol. The topological polar surface area (TPSA) is 81.4 Å². The fraction of sp³-hybridized carbons (Fsp3) is 0.385. The van der Waals surface area contributed by atoms with E-state index >= 15 is 0 Å². The molecule has 1 fully saturated rings. The third-order valence-electron chi connectivity index (χ3n) is 3.21. The van der Waals surface area contributed by atoms with Crippen molar-refractivity contribution in [3.63, 3.8) is 0 Å². The van der Waals surface area contributed by atoms with Gasteiger partial charge in [0.15, 0.2) is 5.78 Å². The van der Waals surface area contributed by atoms with E-state index in [0.717, 1.165) is 0 Å². The summed E-state index contributed by atoms with van der Waals surface area (Å²) in [6.45, 7) is 1.73. The number of rotatable bonds is 4. The van der Waals surface area contributed by atoms with E-state index in [1.54, 1.807) is 25.1 Å². The van der Waals surface area contributed by atoms with Gasteiger partial charge in [0.05, 0.1) is 22.0 Å². The van der Waals surface area contributed by atoms with Crippen LogP contribution in [0.15, 0.2) is 18.2 Å². The number of ketones is 1. The minimum atomic E-state index is -0.888. The molecule has 1 heterocycles. The molecule has 0 radical (unpaired) electrons. The Bertz CT molecular complexity index is 550. The van der Waals surface area contributed by atoms with Crippen LogP contribution >= 0.6 is 23.2 Å². The maximum atomic E-state index is 12.2. The number of hydrogen-bond donors (Lipinski definition) is 2. The SMILES string of the molecule is CC(Nc1ccc(Cl)c(Cl)c1)C(=O)C1COC(=O)C1N. The van der Waals surface area contributed by atoms with Crippen LogP contribution in [0, 0.1) is 5.92 Å². The van der Waals surface area contributed by atoms with Gasteiger partial charge >= 0.3 is 5.97 Å². The lowest BCUT2D eigenvalue weighted by molar-refractivity contribution is -0.139. The van der Waals surface area contributed by atoms with E-state index in [0.29, 0.717) is 15.7 Å². The van der Waals surface area contributed by atoms with E-state index in [1.165, 1.54) is 0 Å². The molecule has 0 bridgehead atoms. The third-order valence-corrected chi connectivity index (χ3v) is 3.94. The van der Waals surface area contributed by atoms with Crippen molar-refractivity contribution in [3.8, 4) is 0 Å². The number of hydrogen-bond acceptors (Lipinski definition) is 5. The van der Waals surface area contributed by atoms with E-state index in [2.05, 4.69) is 5.32 Å². The number of carbonyl (C=O) groups excluding carboxylic acids is 2. The Morgan fingerprint density at radius 1 is 1.45 bits per heavy atom. The maximum absolute atomic E-state index is 12.2. The molecule has 0 saturated carbocycles. The van der Waals surface area contributed by atoms with Gasteiger partial charge in [0, 0.05) is 5.69 Å².